The Kier molecular flexibility index (Phi) is 6.63. The maximum absolute atomic E-state index is 3.34. The van der Waals surface area contributed by atoms with Gasteiger partial charge in [-0.3, -0.25) is 0 Å². The molecule has 2 atom stereocenters. The van der Waals surface area contributed by atoms with Crippen LogP contribution in [-0.4, -0.2) is 13.1 Å². The van der Waals surface area contributed by atoms with Gasteiger partial charge in [-0.25, -0.2) is 0 Å². The first-order valence-corrected chi connectivity index (χ1v) is 4.91. The number of hydrogen-bond acceptors (Lipinski definition) is 1. The van der Waals surface area contributed by atoms with E-state index in [0.29, 0.717) is 0 Å². The molecule has 0 saturated heterocycles. The van der Waals surface area contributed by atoms with Crippen molar-refractivity contribution < 1.29 is 0 Å². The SMILES string of the molecule is CCC[C@H](C)CC(CC)NC. The molecule has 0 aromatic heterocycles. The van der Waals surface area contributed by atoms with Gasteiger partial charge >= 0.3 is 0 Å². The van der Waals surface area contributed by atoms with E-state index in [1.165, 1.54) is 25.7 Å². The van der Waals surface area contributed by atoms with Crippen molar-refractivity contribution in [3.8, 4) is 0 Å². The van der Waals surface area contributed by atoms with Gasteiger partial charge in [-0.2, -0.15) is 0 Å². The predicted octanol–water partition coefficient (Wildman–Crippen LogP) is 2.81. The first-order valence-electron chi connectivity index (χ1n) is 4.91. The third kappa shape index (κ3) is 5.25. The molecule has 0 aliphatic rings. The van der Waals surface area contributed by atoms with Crippen LogP contribution in [0.25, 0.3) is 0 Å². The lowest BCUT2D eigenvalue weighted by molar-refractivity contribution is 0.392. The smallest absolute Gasteiger partial charge is 0.00639 e. The molecule has 0 bridgehead atoms. The summed E-state index contributed by atoms with van der Waals surface area (Å²) in [4.78, 5) is 0. The molecular formula is C10H23N. The molecule has 0 spiro atoms. The zero-order chi connectivity index (χ0) is 8.69. The summed E-state index contributed by atoms with van der Waals surface area (Å²) in [5.41, 5.74) is 0. The second-order valence-electron chi connectivity index (χ2n) is 3.52. The Morgan fingerprint density at radius 3 is 2.27 bits per heavy atom. The maximum atomic E-state index is 3.34. The lowest BCUT2D eigenvalue weighted by atomic mass is 9.96. The van der Waals surface area contributed by atoms with E-state index in [9.17, 15) is 0 Å². The third-order valence-corrected chi connectivity index (χ3v) is 2.37. The molecule has 0 saturated carbocycles. The van der Waals surface area contributed by atoms with E-state index >= 15 is 0 Å². The molecule has 0 aliphatic carbocycles. The van der Waals surface area contributed by atoms with Crippen LogP contribution in [0.15, 0.2) is 0 Å². The standard InChI is InChI=1S/C10H23N/c1-5-7-9(3)8-10(6-2)11-4/h9-11H,5-8H2,1-4H3/t9-,10?/m0/s1. The quantitative estimate of drug-likeness (QED) is 0.625. The molecule has 0 heterocycles. The second kappa shape index (κ2) is 6.66. The molecular weight excluding hydrogens is 134 g/mol. The van der Waals surface area contributed by atoms with Crippen LogP contribution >= 0.6 is 0 Å². The highest BCUT2D eigenvalue weighted by atomic mass is 14.9. The summed E-state index contributed by atoms with van der Waals surface area (Å²) >= 11 is 0. The molecule has 1 unspecified atom stereocenters. The van der Waals surface area contributed by atoms with Gasteiger partial charge in [0.15, 0.2) is 0 Å². The van der Waals surface area contributed by atoms with Crippen molar-refractivity contribution in [3.63, 3.8) is 0 Å². The summed E-state index contributed by atoms with van der Waals surface area (Å²) in [6.07, 6.45) is 5.28. The Morgan fingerprint density at radius 2 is 1.91 bits per heavy atom. The van der Waals surface area contributed by atoms with E-state index in [4.69, 9.17) is 0 Å². The molecule has 0 amide bonds. The van der Waals surface area contributed by atoms with Crippen molar-refractivity contribution in [1.82, 2.24) is 5.32 Å². The summed E-state index contributed by atoms with van der Waals surface area (Å²) < 4.78 is 0. The van der Waals surface area contributed by atoms with Crippen molar-refractivity contribution in [1.29, 1.82) is 0 Å². The van der Waals surface area contributed by atoms with Crippen molar-refractivity contribution in [2.24, 2.45) is 5.92 Å². The molecule has 1 nitrogen and oxygen atoms in total. The van der Waals surface area contributed by atoms with Crippen LogP contribution < -0.4 is 5.32 Å². The van der Waals surface area contributed by atoms with E-state index in [1.54, 1.807) is 0 Å². The summed E-state index contributed by atoms with van der Waals surface area (Å²) in [6.45, 7) is 6.86. The third-order valence-electron chi connectivity index (χ3n) is 2.37. The minimum Gasteiger partial charge on any atom is -0.317 e. The fourth-order valence-electron chi connectivity index (χ4n) is 1.58. The minimum atomic E-state index is 0.733. The van der Waals surface area contributed by atoms with Gasteiger partial charge < -0.3 is 5.32 Å². The molecule has 0 rings (SSSR count). The minimum absolute atomic E-state index is 0.733. The summed E-state index contributed by atoms with van der Waals surface area (Å²) in [6, 6.07) is 0.733. The van der Waals surface area contributed by atoms with E-state index in [0.717, 1.165) is 12.0 Å². The van der Waals surface area contributed by atoms with Gasteiger partial charge in [0.05, 0.1) is 0 Å². The highest BCUT2D eigenvalue weighted by Gasteiger charge is 2.07. The highest BCUT2D eigenvalue weighted by molar-refractivity contribution is 4.65. The Labute approximate surface area is 71.6 Å². The number of hydrogen-bond donors (Lipinski definition) is 1. The van der Waals surface area contributed by atoms with E-state index in [-0.39, 0.29) is 0 Å². The van der Waals surface area contributed by atoms with Gasteiger partial charge in [0, 0.05) is 6.04 Å². The molecule has 1 N–H and O–H groups in total. The Hall–Kier alpha value is -0.0400. The van der Waals surface area contributed by atoms with E-state index in [1.807, 2.05) is 0 Å². The largest absolute Gasteiger partial charge is 0.317 e. The molecule has 0 aliphatic heterocycles. The molecule has 68 valence electrons. The number of rotatable bonds is 6. The van der Waals surface area contributed by atoms with Gasteiger partial charge in [-0.1, -0.05) is 33.6 Å². The summed E-state index contributed by atoms with van der Waals surface area (Å²) in [5.74, 6) is 0.886. The van der Waals surface area contributed by atoms with Crippen LogP contribution in [0, 0.1) is 5.92 Å². The van der Waals surface area contributed by atoms with Crippen LogP contribution in [0.3, 0.4) is 0 Å². The van der Waals surface area contributed by atoms with Gasteiger partial charge in [-0.15, -0.1) is 0 Å². The van der Waals surface area contributed by atoms with Crippen molar-refractivity contribution in [2.75, 3.05) is 7.05 Å². The van der Waals surface area contributed by atoms with Crippen molar-refractivity contribution >= 4 is 0 Å². The topological polar surface area (TPSA) is 12.0 Å². The maximum Gasteiger partial charge on any atom is 0.00639 e. The lowest BCUT2D eigenvalue weighted by Gasteiger charge is -2.18. The van der Waals surface area contributed by atoms with Crippen LogP contribution in [0.5, 0.6) is 0 Å². The van der Waals surface area contributed by atoms with Crippen molar-refractivity contribution in [3.05, 3.63) is 0 Å². The highest BCUT2D eigenvalue weighted by Crippen LogP contribution is 2.13. The van der Waals surface area contributed by atoms with Crippen LogP contribution in [0.4, 0.5) is 0 Å². The van der Waals surface area contributed by atoms with Gasteiger partial charge in [0.25, 0.3) is 0 Å². The Morgan fingerprint density at radius 1 is 1.27 bits per heavy atom. The van der Waals surface area contributed by atoms with Gasteiger partial charge in [-0.05, 0) is 25.8 Å². The average Bonchev–Trinajstić information content (AvgIpc) is 2.01. The predicted molar refractivity (Wildman–Crippen MR) is 51.8 cm³/mol. The Bertz CT molecular complexity index is 76.9. The first kappa shape index (κ1) is 11.0. The second-order valence-corrected chi connectivity index (χ2v) is 3.52. The number of nitrogens with one attached hydrogen (secondary N) is 1. The lowest BCUT2D eigenvalue weighted by Crippen LogP contribution is -2.26. The van der Waals surface area contributed by atoms with Crippen LogP contribution in [0.2, 0.25) is 0 Å². The molecule has 0 radical (unpaired) electrons. The normalized spacial score (nSPS) is 16.4. The summed E-state index contributed by atoms with van der Waals surface area (Å²) in [5, 5.41) is 3.34. The summed E-state index contributed by atoms with van der Waals surface area (Å²) in [7, 11) is 2.06. The molecule has 1 heteroatoms. The Balaban J connectivity index is 3.44. The van der Waals surface area contributed by atoms with E-state index in [2.05, 4.69) is 33.1 Å². The van der Waals surface area contributed by atoms with E-state index < -0.39 is 0 Å². The van der Waals surface area contributed by atoms with Crippen molar-refractivity contribution in [2.45, 2.75) is 52.5 Å². The molecule has 0 aromatic rings. The zero-order valence-electron chi connectivity index (χ0n) is 8.48. The fraction of sp³-hybridized carbons (Fsp3) is 1.00. The zero-order valence-corrected chi connectivity index (χ0v) is 8.48. The van der Waals surface area contributed by atoms with Gasteiger partial charge in [0.2, 0.25) is 0 Å². The van der Waals surface area contributed by atoms with Gasteiger partial charge in [0.1, 0.15) is 0 Å². The first-order chi connectivity index (χ1) is 5.24. The van der Waals surface area contributed by atoms with Crippen LogP contribution in [0.1, 0.15) is 46.5 Å². The molecule has 11 heavy (non-hydrogen) atoms. The molecule has 0 fully saturated rings. The molecule has 0 aromatic carbocycles. The monoisotopic (exact) mass is 157 g/mol. The fourth-order valence-corrected chi connectivity index (χ4v) is 1.58. The average molecular weight is 157 g/mol. The van der Waals surface area contributed by atoms with Crippen LogP contribution in [-0.2, 0) is 0 Å².